The Bertz CT molecular complexity index is 748. The van der Waals surface area contributed by atoms with Crippen LogP contribution in [0.1, 0.15) is 27.1 Å². The van der Waals surface area contributed by atoms with Crippen LogP contribution < -0.4 is 0 Å². The highest BCUT2D eigenvalue weighted by molar-refractivity contribution is 7.12. The Balaban J connectivity index is 1.87. The summed E-state index contributed by atoms with van der Waals surface area (Å²) in [7, 11) is 0. The highest BCUT2D eigenvalue weighted by atomic mass is 32.1. The Kier molecular flexibility index (Phi) is 3.55. The van der Waals surface area contributed by atoms with E-state index in [2.05, 4.69) is 37.0 Å². The fraction of sp³-hybridized carbons (Fsp3) is 0.235. The van der Waals surface area contributed by atoms with E-state index in [-0.39, 0.29) is 0 Å². The van der Waals surface area contributed by atoms with Gasteiger partial charge in [0.05, 0.1) is 11.6 Å². The number of hydrogen-bond donors (Lipinski definition) is 1. The van der Waals surface area contributed by atoms with Crippen molar-refractivity contribution in [3.05, 3.63) is 63.5 Å². The maximum absolute atomic E-state index is 10.4. The number of pyridine rings is 1. The normalized spacial score (nSPS) is 12.8. The van der Waals surface area contributed by atoms with Gasteiger partial charge in [-0.05, 0) is 37.6 Å². The summed E-state index contributed by atoms with van der Waals surface area (Å²) in [6.07, 6.45) is 0.0793. The van der Waals surface area contributed by atoms with Gasteiger partial charge >= 0.3 is 0 Å². The lowest BCUT2D eigenvalue weighted by Gasteiger charge is -2.10. The molecule has 0 bridgehead atoms. The van der Waals surface area contributed by atoms with Gasteiger partial charge < -0.3 is 5.11 Å². The van der Waals surface area contributed by atoms with Crippen molar-refractivity contribution in [3.63, 3.8) is 0 Å². The molecule has 0 fully saturated rings. The van der Waals surface area contributed by atoms with E-state index in [1.165, 1.54) is 9.75 Å². The van der Waals surface area contributed by atoms with Gasteiger partial charge in [0.25, 0.3) is 0 Å². The topological polar surface area (TPSA) is 33.1 Å². The first-order chi connectivity index (χ1) is 9.63. The van der Waals surface area contributed by atoms with Crippen molar-refractivity contribution >= 4 is 22.2 Å². The smallest absolute Gasteiger partial charge is 0.0856 e. The molecular formula is C17H17NOS. The lowest BCUT2D eigenvalue weighted by molar-refractivity contribution is 0.177. The van der Waals surface area contributed by atoms with Gasteiger partial charge in [0.15, 0.2) is 0 Å². The van der Waals surface area contributed by atoms with Crippen LogP contribution in [0.5, 0.6) is 0 Å². The SMILES string of the molecule is Cc1cc(C(O)Cc2ccc3ccccc3n2)c(C)s1. The van der Waals surface area contributed by atoms with E-state index in [1.807, 2.05) is 24.3 Å². The zero-order valence-electron chi connectivity index (χ0n) is 11.6. The molecule has 3 rings (SSSR count). The van der Waals surface area contributed by atoms with Crippen molar-refractivity contribution < 1.29 is 5.11 Å². The number of aromatic nitrogens is 1. The summed E-state index contributed by atoms with van der Waals surface area (Å²) in [5.41, 5.74) is 2.94. The van der Waals surface area contributed by atoms with Gasteiger partial charge in [-0.3, -0.25) is 4.98 Å². The summed E-state index contributed by atoms with van der Waals surface area (Å²) in [6, 6.07) is 14.2. The third-order valence-corrected chi connectivity index (χ3v) is 4.48. The molecule has 2 aromatic heterocycles. The number of thiophene rings is 1. The van der Waals surface area contributed by atoms with Gasteiger partial charge in [-0.1, -0.05) is 24.3 Å². The average molecular weight is 283 g/mol. The molecule has 2 nitrogen and oxygen atoms in total. The third-order valence-electron chi connectivity index (χ3n) is 3.50. The number of aliphatic hydroxyl groups excluding tert-OH is 1. The minimum atomic E-state index is -0.478. The average Bonchev–Trinajstić information content (AvgIpc) is 2.78. The van der Waals surface area contributed by atoms with E-state index in [4.69, 9.17) is 0 Å². The van der Waals surface area contributed by atoms with Crippen LogP contribution in [0.4, 0.5) is 0 Å². The summed E-state index contributed by atoms with van der Waals surface area (Å²) >= 11 is 1.73. The first-order valence-corrected chi connectivity index (χ1v) is 7.55. The molecule has 1 unspecified atom stereocenters. The molecule has 0 radical (unpaired) electrons. The van der Waals surface area contributed by atoms with Crippen LogP contribution in [0.15, 0.2) is 42.5 Å². The molecular weight excluding hydrogens is 266 g/mol. The lowest BCUT2D eigenvalue weighted by Crippen LogP contribution is -2.03. The maximum atomic E-state index is 10.4. The van der Waals surface area contributed by atoms with Crippen LogP contribution in [-0.4, -0.2) is 10.1 Å². The van der Waals surface area contributed by atoms with E-state index in [0.717, 1.165) is 22.2 Å². The molecule has 0 aliphatic carbocycles. The molecule has 0 spiro atoms. The fourth-order valence-corrected chi connectivity index (χ4v) is 3.49. The van der Waals surface area contributed by atoms with Crippen LogP contribution in [0.2, 0.25) is 0 Å². The quantitative estimate of drug-likeness (QED) is 0.782. The lowest BCUT2D eigenvalue weighted by atomic mass is 10.0. The molecule has 1 aromatic carbocycles. The van der Waals surface area contributed by atoms with Crippen LogP contribution in [0, 0.1) is 13.8 Å². The zero-order chi connectivity index (χ0) is 14.1. The summed E-state index contributed by atoms with van der Waals surface area (Å²) in [6.45, 7) is 4.13. The van der Waals surface area contributed by atoms with Crippen LogP contribution in [0.25, 0.3) is 10.9 Å². The monoisotopic (exact) mass is 283 g/mol. The minimum Gasteiger partial charge on any atom is -0.388 e. The second-order valence-electron chi connectivity index (χ2n) is 5.08. The van der Waals surface area contributed by atoms with Crippen molar-refractivity contribution in [2.24, 2.45) is 0 Å². The van der Waals surface area contributed by atoms with E-state index in [9.17, 15) is 5.11 Å². The standard InChI is InChI=1S/C17H17NOS/c1-11-9-15(12(2)20-11)17(19)10-14-8-7-13-5-3-4-6-16(13)18-14/h3-9,17,19H,10H2,1-2H3. The van der Waals surface area contributed by atoms with Gasteiger partial charge in [-0.25, -0.2) is 0 Å². The molecule has 1 N–H and O–H groups in total. The minimum absolute atomic E-state index is 0.478. The number of benzene rings is 1. The van der Waals surface area contributed by atoms with Crippen LogP contribution >= 0.6 is 11.3 Å². The first kappa shape index (κ1) is 13.3. The molecule has 0 aliphatic rings. The Morgan fingerprint density at radius 2 is 1.95 bits per heavy atom. The van der Waals surface area contributed by atoms with E-state index >= 15 is 0 Å². The highest BCUT2D eigenvalue weighted by Gasteiger charge is 2.14. The Labute approximate surface area is 122 Å². The second-order valence-corrected chi connectivity index (χ2v) is 6.54. The number of hydrogen-bond acceptors (Lipinski definition) is 3. The number of aliphatic hydroxyl groups is 1. The Hall–Kier alpha value is -1.71. The number of rotatable bonds is 3. The second kappa shape index (κ2) is 5.35. The Morgan fingerprint density at radius 3 is 2.70 bits per heavy atom. The van der Waals surface area contributed by atoms with Gasteiger partial charge in [-0.15, -0.1) is 11.3 Å². The van der Waals surface area contributed by atoms with E-state index in [0.29, 0.717) is 6.42 Å². The summed E-state index contributed by atoms with van der Waals surface area (Å²) in [5.74, 6) is 0. The summed E-state index contributed by atoms with van der Waals surface area (Å²) in [5, 5.41) is 11.5. The van der Waals surface area contributed by atoms with Gasteiger partial charge in [0.2, 0.25) is 0 Å². The van der Waals surface area contributed by atoms with Crippen LogP contribution in [-0.2, 0) is 6.42 Å². The zero-order valence-corrected chi connectivity index (χ0v) is 12.4. The van der Waals surface area contributed by atoms with Crippen molar-refractivity contribution in [1.29, 1.82) is 0 Å². The van der Waals surface area contributed by atoms with Crippen molar-refractivity contribution in [2.75, 3.05) is 0 Å². The van der Waals surface area contributed by atoms with Crippen LogP contribution in [0.3, 0.4) is 0 Å². The Morgan fingerprint density at radius 1 is 1.15 bits per heavy atom. The summed E-state index contributed by atoms with van der Waals surface area (Å²) < 4.78 is 0. The van der Waals surface area contributed by atoms with Gasteiger partial charge in [0, 0.05) is 27.3 Å². The molecule has 1 atom stereocenters. The molecule has 0 saturated heterocycles. The molecule has 0 amide bonds. The third kappa shape index (κ3) is 2.60. The van der Waals surface area contributed by atoms with Crippen molar-refractivity contribution in [3.8, 4) is 0 Å². The predicted molar refractivity (Wildman–Crippen MR) is 84.2 cm³/mol. The van der Waals surface area contributed by atoms with Gasteiger partial charge in [-0.2, -0.15) is 0 Å². The first-order valence-electron chi connectivity index (χ1n) is 6.73. The highest BCUT2D eigenvalue weighted by Crippen LogP contribution is 2.28. The largest absolute Gasteiger partial charge is 0.388 e. The van der Waals surface area contributed by atoms with Crippen molar-refractivity contribution in [2.45, 2.75) is 26.4 Å². The number of nitrogens with zero attached hydrogens (tertiary/aromatic N) is 1. The molecule has 0 aliphatic heterocycles. The molecule has 20 heavy (non-hydrogen) atoms. The molecule has 102 valence electrons. The predicted octanol–water partition coefficient (Wildman–Crippen LogP) is 4.19. The number of aryl methyl sites for hydroxylation is 2. The molecule has 3 heteroatoms. The maximum Gasteiger partial charge on any atom is 0.0856 e. The fourth-order valence-electron chi connectivity index (χ4n) is 2.51. The van der Waals surface area contributed by atoms with Gasteiger partial charge in [0.1, 0.15) is 0 Å². The molecule has 0 saturated carbocycles. The number of para-hydroxylation sites is 1. The number of fused-ring (bicyclic) bond motifs is 1. The molecule has 3 aromatic rings. The van der Waals surface area contributed by atoms with E-state index < -0.39 is 6.10 Å². The summed E-state index contributed by atoms with van der Waals surface area (Å²) in [4.78, 5) is 7.05. The molecule has 2 heterocycles. The van der Waals surface area contributed by atoms with E-state index in [1.54, 1.807) is 11.3 Å². The van der Waals surface area contributed by atoms with Crippen molar-refractivity contribution in [1.82, 2.24) is 4.98 Å².